The number of hydrogen-bond donors (Lipinski definition) is 1. The normalized spacial score (nSPS) is 18.0. The quantitative estimate of drug-likeness (QED) is 0.369. The van der Waals surface area contributed by atoms with Gasteiger partial charge in [0, 0.05) is 56.1 Å². The third kappa shape index (κ3) is 4.08. The molecule has 4 amide bonds. The Hall–Kier alpha value is -4.61. The highest BCUT2D eigenvalue weighted by atomic mass is 19.4. The van der Waals surface area contributed by atoms with Crippen LogP contribution in [-0.4, -0.2) is 61.2 Å². The summed E-state index contributed by atoms with van der Waals surface area (Å²) in [7, 11) is 0. The number of piperidine rings is 1. The third-order valence-electron chi connectivity index (χ3n) is 8.12. The number of imide groups is 1. The number of benzene rings is 1. The van der Waals surface area contributed by atoms with Crippen molar-refractivity contribution in [2.45, 2.75) is 38.5 Å². The average molecular weight is 563 g/mol. The lowest BCUT2D eigenvalue weighted by Gasteiger charge is -2.32. The number of carbonyl (C=O) groups excluding carboxylic acids is 3. The van der Waals surface area contributed by atoms with Crippen molar-refractivity contribution in [1.29, 1.82) is 0 Å². The van der Waals surface area contributed by atoms with Gasteiger partial charge in [-0.15, -0.1) is 0 Å². The molecule has 3 aliphatic rings. The number of halogens is 3. The molecular formula is C29H25F3N6O3. The molecule has 0 spiro atoms. The van der Waals surface area contributed by atoms with E-state index in [1.54, 1.807) is 49.4 Å². The van der Waals surface area contributed by atoms with Gasteiger partial charge in [0.25, 0.3) is 11.8 Å². The molecule has 1 fully saturated rings. The van der Waals surface area contributed by atoms with Crippen molar-refractivity contribution >= 4 is 45.5 Å². The zero-order valence-corrected chi connectivity index (χ0v) is 21.9. The van der Waals surface area contributed by atoms with Crippen molar-refractivity contribution in [3.8, 4) is 0 Å². The Kier molecular flexibility index (Phi) is 5.70. The van der Waals surface area contributed by atoms with E-state index in [-0.39, 0.29) is 34.7 Å². The van der Waals surface area contributed by atoms with Crippen molar-refractivity contribution in [3.05, 3.63) is 71.3 Å². The summed E-state index contributed by atoms with van der Waals surface area (Å²) in [6.45, 7) is 1.88. The number of hydrogen-bond acceptors (Lipinski definition) is 4. The van der Waals surface area contributed by atoms with E-state index < -0.39 is 23.6 Å². The number of likely N-dealkylation sites (tertiary alicyclic amines) is 1. The van der Waals surface area contributed by atoms with Gasteiger partial charge >= 0.3 is 12.2 Å². The highest BCUT2D eigenvalue weighted by Gasteiger charge is 2.38. The molecule has 6 heterocycles. The Morgan fingerprint density at radius 2 is 1.71 bits per heavy atom. The highest BCUT2D eigenvalue weighted by Crippen LogP contribution is 2.41. The van der Waals surface area contributed by atoms with Gasteiger partial charge < -0.3 is 14.4 Å². The lowest BCUT2D eigenvalue weighted by molar-refractivity contribution is -0.137. The van der Waals surface area contributed by atoms with Crippen LogP contribution in [0.2, 0.25) is 0 Å². The topological polar surface area (TPSA) is 92.0 Å². The van der Waals surface area contributed by atoms with Crippen LogP contribution >= 0.6 is 0 Å². The number of alkyl halides is 3. The van der Waals surface area contributed by atoms with E-state index >= 15 is 0 Å². The second kappa shape index (κ2) is 9.22. The molecule has 1 saturated heterocycles. The molecule has 210 valence electrons. The maximum absolute atomic E-state index is 14.2. The summed E-state index contributed by atoms with van der Waals surface area (Å²) < 4.78 is 46.0. The fraction of sp³-hybridized carbons (Fsp3) is 0.310. The fourth-order valence-corrected chi connectivity index (χ4v) is 6.22. The van der Waals surface area contributed by atoms with Crippen molar-refractivity contribution in [2.75, 3.05) is 19.6 Å². The number of nitrogens with one attached hydrogen (secondary N) is 1. The van der Waals surface area contributed by atoms with Gasteiger partial charge in [0.2, 0.25) is 0 Å². The van der Waals surface area contributed by atoms with Crippen LogP contribution in [-0.2, 0) is 28.9 Å². The first-order valence-electron chi connectivity index (χ1n) is 13.5. The summed E-state index contributed by atoms with van der Waals surface area (Å²) in [6, 6.07) is 7.22. The van der Waals surface area contributed by atoms with E-state index in [1.807, 2.05) is 0 Å². The first kappa shape index (κ1) is 25.4. The van der Waals surface area contributed by atoms with Gasteiger partial charge in [-0.05, 0) is 49.1 Å². The molecular weight excluding hydrogens is 537 g/mol. The largest absolute Gasteiger partial charge is 0.416 e. The summed E-state index contributed by atoms with van der Waals surface area (Å²) in [4.78, 5) is 47.3. The molecule has 9 nitrogen and oxygen atoms in total. The number of amides is 4. The minimum atomic E-state index is -4.66. The van der Waals surface area contributed by atoms with Gasteiger partial charge in [0.1, 0.15) is 5.65 Å². The number of nitrogens with zero attached hydrogens (tertiary/aromatic N) is 5. The van der Waals surface area contributed by atoms with E-state index in [1.165, 1.54) is 6.20 Å². The molecule has 12 heteroatoms. The molecule has 4 aromatic rings. The first-order valence-corrected chi connectivity index (χ1v) is 13.5. The van der Waals surface area contributed by atoms with Crippen LogP contribution in [0.15, 0.2) is 48.9 Å². The monoisotopic (exact) mass is 562 g/mol. The number of rotatable bonds is 2. The molecule has 0 radical (unpaired) electrons. The lowest BCUT2D eigenvalue weighted by atomic mass is 9.96. The smallest absolute Gasteiger partial charge is 0.345 e. The van der Waals surface area contributed by atoms with Crippen LogP contribution < -0.4 is 5.32 Å². The highest BCUT2D eigenvalue weighted by molar-refractivity contribution is 6.49. The van der Waals surface area contributed by atoms with E-state index in [0.717, 1.165) is 31.4 Å². The van der Waals surface area contributed by atoms with Crippen LogP contribution in [0.1, 0.15) is 41.6 Å². The standard InChI is InChI=1S/C29H25F3N6O3/c30-29(31,32)18-12-17-15-37(28(41)35-7-3-1-4-8-35)11-10-36-16-20(19(13-18)25(17)36)23-24(27(40)34-26(23)39)21-14-33-22-6-2-5-9-38(21)22/h2,5-6,9,12-14,16H,1,3-4,7-8,10-11,15H2,(H,34,39,40). The van der Waals surface area contributed by atoms with E-state index in [9.17, 15) is 27.6 Å². The lowest BCUT2D eigenvalue weighted by Crippen LogP contribution is -2.45. The molecule has 0 unspecified atom stereocenters. The Bertz CT molecular complexity index is 1790. The van der Waals surface area contributed by atoms with Gasteiger partial charge in [-0.3, -0.25) is 19.3 Å². The molecule has 41 heavy (non-hydrogen) atoms. The molecule has 0 bridgehead atoms. The summed E-state index contributed by atoms with van der Waals surface area (Å²) in [6.07, 6.45) is 3.00. The predicted molar refractivity (Wildman–Crippen MR) is 143 cm³/mol. The summed E-state index contributed by atoms with van der Waals surface area (Å²) in [5, 5.41) is 2.53. The van der Waals surface area contributed by atoms with Crippen LogP contribution in [0, 0.1) is 0 Å². The molecule has 0 saturated carbocycles. The average Bonchev–Trinajstić information content (AvgIpc) is 3.58. The maximum atomic E-state index is 14.2. The number of fused-ring (bicyclic) bond motifs is 1. The number of pyridine rings is 1. The van der Waals surface area contributed by atoms with Crippen LogP contribution in [0.5, 0.6) is 0 Å². The molecule has 7 rings (SSSR count). The number of urea groups is 1. The van der Waals surface area contributed by atoms with Crippen LogP contribution in [0.25, 0.3) is 27.7 Å². The van der Waals surface area contributed by atoms with Gasteiger partial charge in [-0.1, -0.05) is 6.07 Å². The summed E-state index contributed by atoms with van der Waals surface area (Å²) in [5.41, 5.74) is 1.16. The Balaban J connectivity index is 1.42. The zero-order valence-electron chi connectivity index (χ0n) is 21.9. The molecule has 0 aliphatic carbocycles. The van der Waals surface area contributed by atoms with E-state index in [4.69, 9.17) is 0 Å². The summed E-state index contributed by atoms with van der Waals surface area (Å²) in [5.74, 6) is -1.33. The van der Waals surface area contributed by atoms with E-state index in [0.29, 0.717) is 48.6 Å². The molecule has 1 aromatic carbocycles. The van der Waals surface area contributed by atoms with Gasteiger partial charge in [-0.25, -0.2) is 9.78 Å². The predicted octanol–water partition coefficient (Wildman–Crippen LogP) is 4.30. The van der Waals surface area contributed by atoms with Crippen LogP contribution in [0.3, 0.4) is 0 Å². The Labute approximate surface area is 231 Å². The third-order valence-corrected chi connectivity index (χ3v) is 8.12. The second-order valence-corrected chi connectivity index (χ2v) is 10.6. The SMILES string of the molecule is O=C1NC(=O)C(c2cnc3ccccn23)=C1c1cn2c3c(cc(C(F)(F)F)cc13)CN(C(=O)N1CCCCC1)CC2. The van der Waals surface area contributed by atoms with Crippen molar-refractivity contribution in [1.82, 2.24) is 29.1 Å². The Morgan fingerprint density at radius 3 is 2.49 bits per heavy atom. The van der Waals surface area contributed by atoms with E-state index in [2.05, 4.69) is 10.3 Å². The van der Waals surface area contributed by atoms with Crippen molar-refractivity contribution < 1.29 is 27.6 Å². The number of aromatic nitrogens is 3. The zero-order chi connectivity index (χ0) is 28.5. The van der Waals surface area contributed by atoms with Crippen molar-refractivity contribution in [2.24, 2.45) is 0 Å². The molecule has 0 atom stereocenters. The van der Waals surface area contributed by atoms with Crippen molar-refractivity contribution in [3.63, 3.8) is 0 Å². The Morgan fingerprint density at radius 1 is 0.927 bits per heavy atom. The maximum Gasteiger partial charge on any atom is 0.416 e. The second-order valence-electron chi connectivity index (χ2n) is 10.6. The minimum Gasteiger partial charge on any atom is -0.345 e. The summed E-state index contributed by atoms with van der Waals surface area (Å²) >= 11 is 0. The van der Waals surface area contributed by atoms with Gasteiger partial charge in [0.15, 0.2) is 0 Å². The van der Waals surface area contributed by atoms with Crippen LogP contribution in [0.4, 0.5) is 18.0 Å². The fourth-order valence-electron chi connectivity index (χ4n) is 6.22. The number of carbonyl (C=O) groups is 3. The first-order chi connectivity index (χ1) is 19.7. The molecule has 3 aromatic heterocycles. The number of imidazole rings is 1. The molecule has 1 N–H and O–H groups in total. The van der Waals surface area contributed by atoms with Gasteiger partial charge in [-0.2, -0.15) is 13.2 Å². The minimum absolute atomic E-state index is 0.00324. The molecule has 3 aliphatic heterocycles. The van der Waals surface area contributed by atoms with Gasteiger partial charge in [0.05, 0.1) is 34.1 Å².